The molecule has 0 radical (unpaired) electrons. The highest BCUT2D eigenvalue weighted by atomic mass is 32.2. The predicted octanol–water partition coefficient (Wildman–Crippen LogP) is 0.638. The summed E-state index contributed by atoms with van der Waals surface area (Å²) in [5, 5.41) is 2.74. The monoisotopic (exact) mass is 357 g/mol. The molecule has 0 heterocycles. The first-order valence-electron chi connectivity index (χ1n) is 7.76. The van der Waals surface area contributed by atoms with Gasteiger partial charge in [-0.15, -0.1) is 0 Å². The van der Waals surface area contributed by atoms with Gasteiger partial charge in [-0.1, -0.05) is 12.1 Å². The van der Waals surface area contributed by atoms with Crippen molar-refractivity contribution in [2.24, 2.45) is 0 Å². The summed E-state index contributed by atoms with van der Waals surface area (Å²) in [5.41, 5.74) is 0.429. The Balaban J connectivity index is 2.56. The van der Waals surface area contributed by atoms with E-state index in [1.807, 2.05) is 19.0 Å². The van der Waals surface area contributed by atoms with E-state index in [0.29, 0.717) is 17.9 Å². The number of sulfonamides is 1. The number of carbonyl (C=O) groups excluding carboxylic acids is 1. The van der Waals surface area contributed by atoms with E-state index >= 15 is 0 Å². The number of hydrogen-bond donors (Lipinski definition) is 1. The summed E-state index contributed by atoms with van der Waals surface area (Å²) >= 11 is 0. The van der Waals surface area contributed by atoms with Crippen LogP contribution in [0.3, 0.4) is 0 Å². The molecule has 0 aromatic heterocycles. The maximum atomic E-state index is 12.2. The Bertz CT molecular complexity index is 632. The standard InChI is InChI=1S/C16H27N3O4S/c1-18(2)11-7-12-19(24(4,21)22)13-10-17-16(20)14-8-5-6-9-15(14)23-3/h5-6,8-9H,7,10-13H2,1-4H3,(H,17,20). The molecule has 8 heteroatoms. The van der Waals surface area contributed by atoms with E-state index in [1.165, 1.54) is 17.7 Å². The third kappa shape index (κ3) is 6.86. The molecule has 1 N–H and O–H groups in total. The van der Waals surface area contributed by atoms with Gasteiger partial charge >= 0.3 is 0 Å². The number of nitrogens with zero attached hydrogens (tertiary/aromatic N) is 2. The third-order valence-corrected chi connectivity index (χ3v) is 4.78. The number of rotatable bonds is 10. The maximum Gasteiger partial charge on any atom is 0.255 e. The summed E-state index contributed by atoms with van der Waals surface area (Å²) in [6, 6.07) is 6.91. The fourth-order valence-corrected chi connectivity index (χ4v) is 3.11. The molecule has 0 spiro atoms. The first-order valence-corrected chi connectivity index (χ1v) is 9.61. The van der Waals surface area contributed by atoms with Gasteiger partial charge in [0.25, 0.3) is 5.91 Å². The zero-order valence-electron chi connectivity index (χ0n) is 14.8. The van der Waals surface area contributed by atoms with Crippen molar-refractivity contribution in [2.45, 2.75) is 6.42 Å². The molecule has 0 aliphatic carbocycles. The lowest BCUT2D eigenvalue weighted by molar-refractivity contribution is 0.0948. The van der Waals surface area contributed by atoms with E-state index in [4.69, 9.17) is 4.74 Å². The topological polar surface area (TPSA) is 79.0 Å². The Morgan fingerprint density at radius 3 is 2.42 bits per heavy atom. The number of nitrogens with one attached hydrogen (secondary N) is 1. The number of hydrogen-bond acceptors (Lipinski definition) is 5. The van der Waals surface area contributed by atoms with Crippen molar-refractivity contribution in [1.82, 2.24) is 14.5 Å². The van der Waals surface area contributed by atoms with Gasteiger partial charge in [0.2, 0.25) is 10.0 Å². The molecule has 1 amide bonds. The van der Waals surface area contributed by atoms with Gasteiger partial charge in [-0.3, -0.25) is 4.79 Å². The highest BCUT2D eigenvalue weighted by molar-refractivity contribution is 7.88. The number of methoxy groups -OCH3 is 1. The number of para-hydroxylation sites is 1. The Kier molecular flexibility index (Phi) is 8.17. The molecular weight excluding hydrogens is 330 g/mol. The van der Waals surface area contributed by atoms with Crippen molar-refractivity contribution in [3.05, 3.63) is 29.8 Å². The summed E-state index contributed by atoms with van der Waals surface area (Å²) in [4.78, 5) is 14.2. The molecule has 1 aromatic carbocycles. The molecule has 0 bridgehead atoms. The van der Waals surface area contributed by atoms with Crippen LogP contribution < -0.4 is 10.1 Å². The Hall–Kier alpha value is -1.64. The molecule has 1 rings (SSSR count). The number of ether oxygens (including phenoxy) is 1. The smallest absolute Gasteiger partial charge is 0.255 e. The SMILES string of the molecule is COc1ccccc1C(=O)NCCN(CCCN(C)C)S(C)(=O)=O. The molecule has 7 nitrogen and oxygen atoms in total. The van der Waals surface area contributed by atoms with Crippen LogP contribution in [0.5, 0.6) is 5.75 Å². The minimum Gasteiger partial charge on any atom is -0.496 e. The molecule has 0 aliphatic rings. The minimum absolute atomic E-state index is 0.242. The van der Waals surface area contributed by atoms with Crippen LogP contribution in [0, 0.1) is 0 Å². The summed E-state index contributed by atoms with van der Waals surface area (Å²) in [5.74, 6) is 0.204. The van der Waals surface area contributed by atoms with Crippen LogP contribution in [-0.2, 0) is 10.0 Å². The average Bonchev–Trinajstić information content (AvgIpc) is 2.51. The van der Waals surface area contributed by atoms with Crippen LogP contribution in [0.1, 0.15) is 16.8 Å². The van der Waals surface area contributed by atoms with E-state index in [1.54, 1.807) is 24.3 Å². The zero-order valence-corrected chi connectivity index (χ0v) is 15.6. The van der Waals surface area contributed by atoms with Gasteiger partial charge in [-0.2, -0.15) is 0 Å². The van der Waals surface area contributed by atoms with Crippen molar-refractivity contribution >= 4 is 15.9 Å². The second-order valence-electron chi connectivity index (χ2n) is 5.78. The van der Waals surface area contributed by atoms with Crippen LogP contribution in [0.25, 0.3) is 0 Å². The molecule has 136 valence electrons. The van der Waals surface area contributed by atoms with Crippen molar-refractivity contribution in [3.8, 4) is 5.75 Å². The minimum atomic E-state index is -3.30. The molecule has 1 aromatic rings. The lowest BCUT2D eigenvalue weighted by Gasteiger charge is -2.21. The summed E-state index contributed by atoms with van der Waals surface area (Å²) in [6.07, 6.45) is 1.92. The molecule has 0 saturated carbocycles. The highest BCUT2D eigenvalue weighted by Crippen LogP contribution is 2.16. The Labute approximate surface area is 144 Å². The largest absolute Gasteiger partial charge is 0.496 e. The first-order chi connectivity index (χ1) is 11.3. The van der Waals surface area contributed by atoms with E-state index in [-0.39, 0.29) is 19.0 Å². The van der Waals surface area contributed by atoms with Gasteiger partial charge < -0.3 is 15.0 Å². The Morgan fingerprint density at radius 1 is 1.17 bits per heavy atom. The van der Waals surface area contributed by atoms with Crippen LogP contribution in [0.4, 0.5) is 0 Å². The molecule has 0 aliphatic heterocycles. The molecular formula is C16H27N3O4S. The van der Waals surface area contributed by atoms with Crippen LogP contribution in [0.15, 0.2) is 24.3 Å². The molecule has 0 saturated heterocycles. The van der Waals surface area contributed by atoms with Gasteiger partial charge in [0.1, 0.15) is 5.75 Å². The summed E-state index contributed by atoms with van der Waals surface area (Å²) in [7, 11) is 2.09. The van der Waals surface area contributed by atoms with Crippen LogP contribution >= 0.6 is 0 Å². The Morgan fingerprint density at radius 2 is 1.83 bits per heavy atom. The number of carbonyl (C=O) groups is 1. The second kappa shape index (κ2) is 9.61. The van der Waals surface area contributed by atoms with Crippen LogP contribution in [-0.4, -0.2) is 77.2 Å². The summed E-state index contributed by atoms with van der Waals surface area (Å²) in [6.45, 7) is 1.72. The fourth-order valence-electron chi connectivity index (χ4n) is 2.23. The van der Waals surface area contributed by atoms with E-state index in [0.717, 1.165) is 13.0 Å². The van der Waals surface area contributed by atoms with Crippen LogP contribution in [0.2, 0.25) is 0 Å². The lowest BCUT2D eigenvalue weighted by Crippen LogP contribution is -2.39. The zero-order chi connectivity index (χ0) is 18.2. The van der Waals surface area contributed by atoms with E-state index in [9.17, 15) is 13.2 Å². The normalized spacial score (nSPS) is 11.8. The molecule has 24 heavy (non-hydrogen) atoms. The van der Waals surface area contributed by atoms with Gasteiger partial charge in [0.05, 0.1) is 18.9 Å². The number of amides is 1. The predicted molar refractivity (Wildman–Crippen MR) is 94.9 cm³/mol. The quantitative estimate of drug-likeness (QED) is 0.665. The lowest BCUT2D eigenvalue weighted by atomic mass is 10.2. The third-order valence-electron chi connectivity index (χ3n) is 3.48. The highest BCUT2D eigenvalue weighted by Gasteiger charge is 2.17. The molecule has 0 unspecified atom stereocenters. The average molecular weight is 357 g/mol. The van der Waals surface area contributed by atoms with E-state index in [2.05, 4.69) is 5.32 Å². The van der Waals surface area contributed by atoms with Gasteiger partial charge in [0, 0.05) is 19.6 Å². The van der Waals surface area contributed by atoms with Gasteiger partial charge in [-0.25, -0.2) is 12.7 Å². The van der Waals surface area contributed by atoms with Crippen molar-refractivity contribution in [3.63, 3.8) is 0 Å². The maximum absolute atomic E-state index is 12.2. The van der Waals surface area contributed by atoms with Gasteiger partial charge in [0.15, 0.2) is 0 Å². The fraction of sp³-hybridized carbons (Fsp3) is 0.562. The first kappa shape index (κ1) is 20.4. The molecule has 0 fully saturated rings. The molecule has 0 atom stereocenters. The summed E-state index contributed by atoms with van der Waals surface area (Å²) < 4.78 is 30.2. The van der Waals surface area contributed by atoms with Crippen molar-refractivity contribution in [1.29, 1.82) is 0 Å². The van der Waals surface area contributed by atoms with Crippen molar-refractivity contribution in [2.75, 3.05) is 53.6 Å². The second-order valence-corrected chi connectivity index (χ2v) is 7.76. The van der Waals surface area contributed by atoms with E-state index < -0.39 is 10.0 Å². The van der Waals surface area contributed by atoms with Gasteiger partial charge in [-0.05, 0) is 39.2 Å². The number of benzene rings is 1. The van der Waals surface area contributed by atoms with Crippen molar-refractivity contribution < 1.29 is 17.9 Å².